The van der Waals surface area contributed by atoms with Crippen molar-refractivity contribution >= 4 is 27.5 Å². The Kier molecular flexibility index (Phi) is 3.24. The molecule has 1 fully saturated rings. The average molecular weight is 304 g/mol. The maximum absolute atomic E-state index is 6.15. The lowest BCUT2D eigenvalue weighted by Crippen LogP contribution is -2.53. The molecule has 0 saturated heterocycles. The van der Waals surface area contributed by atoms with Crippen molar-refractivity contribution < 1.29 is 4.74 Å². The first kappa shape index (κ1) is 12.3. The summed E-state index contributed by atoms with van der Waals surface area (Å²) in [5, 5.41) is 0.703. The molecule has 0 N–H and O–H groups in total. The van der Waals surface area contributed by atoms with Crippen LogP contribution in [0.1, 0.15) is 25.8 Å². The standard InChI is InChI=1S/C13H16BrClO/c1-8-4-5-10(9(15)6-8)16-12-7-11(14)13(12,2)3/h4-6,11-12H,7H2,1-3H3. The fraction of sp³-hybridized carbons (Fsp3) is 0.538. The Bertz CT molecular complexity index is 403. The van der Waals surface area contributed by atoms with Crippen molar-refractivity contribution in [2.45, 2.75) is 38.1 Å². The number of alkyl halides is 1. The maximum Gasteiger partial charge on any atom is 0.138 e. The zero-order valence-corrected chi connectivity index (χ0v) is 12.1. The van der Waals surface area contributed by atoms with Gasteiger partial charge in [-0.05, 0) is 31.0 Å². The molecule has 1 aliphatic rings. The lowest BCUT2D eigenvalue weighted by atomic mass is 9.69. The largest absolute Gasteiger partial charge is 0.488 e. The van der Waals surface area contributed by atoms with Crippen LogP contribution in [0.2, 0.25) is 5.02 Å². The van der Waals surface area contributed by atoms with Crippen molar-refractivity contribution in [3.63, 3.8) is 0 Å². The highest BCUT2D eigenvalue weighted by Crippen LogP contribution is 2.48. The van der Waals surface area contributed by atoms with Gasteiger partial charge in [-0.3, -0.25) is 0 Å². The Morgan fingerprint density at radius 3 is 2.62 bits per heavy atom. The summed E-state index contributed by atoms with van der Waals surface area (Å²) >= 11 is 9.80. The Hall–Kier alpha value is -0.210. The van der Waals surface area contributed by atoms with Gasteiger partial charge in [0.15, 0.2) is 0 Å². The van der Waals surface area contributed by atoms with Gasteiger partial charge in [-0.25, -0.2) is 0 Å². The molecule has 0 aromatic heterocycles. The fourth-order valence-corrected chi connectivity index (χ4v) is 2.81. The van der Waals surface area contributed by atoms with E-state index in [1.54, 1.807) is 0 Å². The molecule has 1 saturated carbocycles. The van der Waals surface area contributed by atoms with E-state index in [0.717, 1.165) is 17.7 Å². The molecule has 0 bridgehead atoms. The molecule has 1 aromatic carbocycles. The number of hydrogen-bond donors (Lipinski definition) is 0. The van der Waals surface area contributed by atoms with Gasteiger partial charge >= 0.3 is 0 Å². The molecular formula is C13H16BrClO. The van der Waals surface area contributed by atoms with Gasteiger partial charge in [-0.1, -0.05) is 47.4 Å². The van der Waals surface area contributed by atoms with Gasteiger partial charge < -0.3 is 4.74 Å². The molecular weight excluding hydrogens is 287 g/mol. The molecule has 0 amide bonds. The summed E-state index contributed by atoms with van der Waals surface area (Å²) < 4.78 is 5.96. The summed E-state index contributed by atoms with van der Waals surface area (Å²) in [6, 6.07) is 5.92. The second kappa shape index (κ2) is 4.23. The van der Waals surface area contributed by atoms with Crippen LogP contribution in [0.25, 0.3) is 0 Å². The third-order valence-corrected chi connectivity index (χ3v) is 5.26. The first-order valence-corrected chi connectivity index (χ1v) is 6.77. The molecule has 1 nitrogen and oxygen atoms in total. The smallest absolute Gasteiger partial charge is 0.138 e. The summed E-state index contributed by atoms with van der Waals surface area (Å²) in [5.41, 5.74) is 1.33. The molecule has 3 heteroatoms. The molecule has 88 valence electrons. The Morgan fingerprint density at radius 1 is 1.44 bits per heavy atom. The van der Waals surface area contributed by atoms with Crippen LogP contribution in [0.5, 0.6) is 5.75 Å². The topological polar surface area (TPSA) is 9.23 Å². The lowest BCUT2D eigenvalue weighted by Gasteiger charge is -2.48. The van der Waals surface area contributed by atoms with Crippen molar-refractivity contribution in [3.05, 3.63) is 28.8 Å². The molecule has 16 heavy (non-hydrogen) atoms. The molecule has 0 radical (unpaired) electrons. The van der Waals surface area contributed by atoms with Crippen molar-refractivity contribution in [3.8, 4) is 5.75 Å². The van der Waals surface area contributed by atoms with Gasteiger partial charge in [-0.15, -0.1) is 0 Å². The van der Waals surface area contributed by atoms with Gasteiger partial charge in [0.05, 0.1) is 5.02 Å². The number of ether oxygens (including phenoxy) is 1. The van der Waals surface area contributed by atoms with Gasteiger partial charge in [-0.2, -0.15) is 0 Å². The van der Waals surface area contributed by atoms with Crippen molar-refractivity contribution in [1.82, 2.24) is 0 Å². The number of hydrogen-bond acceptors (Lipinski definition) is 1. The fourth-order valence-electron chi connectivity index (χ4n) is 1.89. The lowest BCUT2D eigenvalue weighted by molar-refractivity contribution is -0.00773. The third kappa shape index (κ3) is 2.10. The van der Waals surface area contributed by atoms with Gasteiger partial charge in [0.2, 0.25) is 0 Å². The normalized spacial score (nSPS) is 27.3. The molecule has 0 aliphatic heterocycles. The Morgan fingerprint density at radius 2 is 2.12 bits per heavy atom. The number of benzene rings is 1. The van der Waals surface area contributed by atoms with Crippen molar-refractivity contribution in [2.75, 3.05) is 0 Å². The molecule has 2 rings (SSSR count). The number of rotatable bonds is 2. The van der Waals surface area contributed by atoms with Gasteiger partial charge in [0.25, 0.3) is 0 Å². The van der Waals surface area contributed by atoms with Crippen LogP contribution in [0, 0.1) is 12.3 Å². The highest BCUT2D eigenvalue weighted by Gasteiger charge is 2.48. The highest BCUT2D eigenvalue weighted by molar-refractivity contribution is 9.09. The summed E-state index contributed by atoms with van der Waals surface area (Å²) in [6.07, 6.45) is 1.29. The predicted octanol–water partition coefficient (Wildman–Crippen LogP) is 4.59. The van der Waals surface area contributed by atoms with Crippen molar-refractivity contribution in [2.24, 2.45) is 5.41 Å². The zero-order valence-electron chi connectivity index (χ0n) is 9.76. The zero-order chi connectivity index (χ0) is 11.9. The van der Waals surface area contributed by atoms with E-state index in [9.17, 15) is 0 Å². The van der Waals surface area contributed by atoms with Crippen molar-refractivity contribution in [1.29, 1.82) is 0 Å². The molecule has 1 aromatic rings. The average Bonchev–Trinajstić information content (AvgIpc) is 2.21. The van der Waals surface area contributed by atoms with Crippen LogP contribution >= 0.6 is 27.5 Å². The SMILES string of the molecule is Cc1ccc(OC2CC(Br)C2(C)C)c(Cl)c1. The molecule has 2 atom stereocenters. The summed E-state index contributed by atoms with van der Waals surface area (Å²) in [4.78, 5) is 0.536. The minimum absolute atomic E-state index is 0.175. The summed E-state index contributed by atoms with van der Waals surface area (Å²) in [6.45, 7) is 6.45. The Balaban J connectivity index is 2.11. The minimum Gasteiger partial charge on any atom is -0.488 e. The van der Waals surface area contributed by atoms with Gasteiger partial charge in [0.1, 0.15) is 11.9 Å². The highest BCUT2D eigenvalue weighted by atomic mass is 79.9. The summed E-state index contributed by atoms with van der Waals surface area (Å²) in [7, 11) is 0. The maximum atomic E-state index is 6.15. The van der Waals surface area contributed by atoms with E-state index in [0.29, 0.717) is 9.85 Å². The molecule has 0 heterocycles. The van der Waals surface area contributed by atoms with E-state index in [4.69, 9.17) is 16.3 Å². The van der Waals surface area contributed by atoms with Crippen LogP contribution in [0.15, 0.2) is 18.2 Å². The van der Waals surface area contributed by atoms with Gasteiger partial charge in [0, 0.05) is 10.2 Å². The molecule has 0 spiro atoms. The monoisotopic (exact) mass is 302 g/mol. The molecule has 1 aliphatic carbocycles. The van der Waals surface area contributed by atoms with E-state index < -0.39 is 0 Å². The Labute approximate surface area is 110 Å². The van der Waals surface area contributed by atoms with E-state index in [2.05, 4.69) is 29.8 Å². The number of aryl methyl sites for hydroxylation is 1. The van der Waals surface area contributed by atoms with E-state index in [1.165, 1.54) is 0 Å². The second-order valence-corrected chi connectivity index (χ2v) is 6.58. The minimum atomic E-state index is 0.175. The van der Waals surface area contributed by atoms with Crippen LogP contribution in [-0.4, -0.2) is 10.9 Å². The van der Waals surface area contributed by atoms with Crippen LogP contribution in [-0.2, 0) is 0 Å². The van der Waals surface area contributed by atoms with Crippen LogP contribution in [0.4, 0.5) is 0 Å². The van der Waals surface area contributed by atoms with E-state index in [-0.39, 0.29) is 11.5 Å². The first-order valence-electron chi connectivity index (χ1n) is 5.48. The summed E-state index contributed by atoms with van der Waals surface area (Å²) in [5.74, 6) is 0.796. The second-order valence-electron chi connectivity index (χ2n) is 5.06. The van der Waals surface area contributed by atoms with Crippen LogP contribution < -0.4 is 4.74 Å². The predicted molar refractivity (Wildman–Crippen MR) is 71.7 cm³/mol. The number of halogens is 2. The molecule has 2 unspecified atom stereocenters. The quantitative estimate of drug-likeness (QED) is 0.726. The first-order chi connectivity index (χ1) is 7.41. The van der Waals surface area contributed by atoms with E-state index in [1.807, 2.05) is 25.1 Å². The third-order valence-electron chi connectivity index (χ3n) is 3.41. The van der Waals surface area contributed by atoms with Crippen LogP contribution in [0.3, 0.4) is 0 Å². The van der Waals surface area contributed by atoms with E-state index >= 15 is 0 Å².